The van der Waals surface area contributed by atoms with Crippen molar-refractivity contribution in [2.75, 3.05) is 55.6 Å². The molecule has 0 atom stereocenters. The molecule has 2 aliphatic rings. The first kappa shape index (κ1) is 13.7. The zero-order valence-corrected chi connectivity index (χ0v) is 12.7. The maximum absolute atomic E-state index is 2.58. The Morgan fingerprint density at radius 3 is 1.75 bits per heavy atom. The highest BCUT2D eigenvalue weighted by atomic mass is 15.3. The van der Waals surface area contributed by atoms with Gasteiger partial charge in [0.05, 0.1) is 0 Å². The molecule has 0 bridgehead atoms. The van der Waals surface area contributed by atoms with Gasteiger partial charge in [-0.15, -0.1) is 0 Å². The first-order valence-electron chi connectivity index (χ1n) is 8.19. The molecule has 2 saturated heterocycles. The highest BCUT2D eigenvalue weighted by molar-refractivity contribution is 5.57. The Bertz CT molecular complexity index is 401. The zero-order chi connectivity index (χ0) is 13.8. The van der Waals surface area contributed by atoms with Gasteiger partial charge in [0.15, 0.2) is 0 Å². The first-order chi connectivity index (χ1) is 9.86. The van der Waals surface area contributed by atoms with Gasteiger partial charge in [-0.2, -0.15) is 0 Å². The van der Waals surface area contributed by atoms with Gasteiger partial charge in [-0.1, -0.05) is 6.92 Å². The Hall–Kier alpha value is -1.22. The smallest absolute Gasteiger partial charge is 0.0368 e. The molecule has 110 valence electrons. The number of hydrogen-bond acceptors (Lipinski definition) is 3. The lowest BCUT2D eigenvalue weighted by Crippen LogP contribution is -2.46. The molecule has 3 heteroatoms. The Labute approximate surface area is 123 Å². The molecule has 3 nitrogen and oxygen atoms in total. The molecule has 1 aromatic rings. The average Bonchev–Trinajstić information content (AvgIpc) is 3.03. The van der Waals surface area contributed by atoms with Crippen LogP contribution in [0, 0.1) is 0 Å². The van der Waals surface area contributed by atoms with E-state index < -0.39 is 0 Å². The summed E-state index contributed by atoms with van der Waals surface area (Å²) in [4.78, 5) is 7.61. The fourth-order valence-electron chi connectivity index (χ4n) is 3.40. The second-order valence-corrected chi connectivity index (χ2v) is 6.04. The fourth-order valence-corrected chi connectivity index (χ4v) is 3.40. The number of hydrogen-bond donors (Lipinski definition) is 0. The Kier molecular flexibility index (Phi) is 4.46. The Balaban J connectivity index is 1.58. The second kappa shape index (κ2) is 6.49. The van der Waals surface area contributed by atoms with E-state index in [1.165, 1.54) is 76.5 Å². The van der Waals surface area contributed by atoms with Crippen LogP contribution in [-0.2, 0) is 0 Å². The molecule has 0 unspecified atom stereocenters. The van der Waals surface area contributed by atoms with Gasteiger partial charge < -0.3 is 9.80 Å². The van der Waals surface area contributed by atoms with Gasteiger partial charge in [0.25, 0.3) is 0 Å². The molecule has 0 N–H and O–H groups in total. The van der Waals surface area contributed by atoms with Gasteiger partial charge in [0, 0.05) is 50.6 Å². The lowest BCUT2D eigenvalue weighted by Gasteiger charge is -2.36. The van der Waals surface area contributed by atoms with Crippen molar-refractivity contribution in [3.05, 3.63) is 24.3 Å². The van der Waals surface area contributed by atoms with Crippen LogP contribution in [0.25, 0.3) is 0 Å². The van der Waals surface area contributed by atoms with Crippen LogP contribution < -0.4 is 9.80 Å². The minimum atomic E-state index is 1.17. The summed E-state index contributed by atoms with van der Waals surface area (Å²) in [7, 11) is 0. The summed E-state index contributed by atoms with van der Waals surface area (Å²) in [5, 5.41) is 0. The third kappa shape index (κ3) is 3.09. The summed E-state index contributed by atoms with van der Waals surface area (Å²) in [6.45, 7) is 10.7. The molecule has 0 spiro atoms. The SMILES string of the molecule is CCCN1CCN(c2ccc(N3CCCC3)cc2)CC1. The van der Waals surface area contributed by atoms with E-state index in [1.807, 2.05) is 0 Å². The van der Waals surface area contributed by atoms with Crippen LogP contribution in [0.4, 0.5) is 11.4 Å². The van der Waals surface area contributed by atoms with Gasteiger partial charge >= 0.3 is 0 Å². The number of nitrogens with zero attached hydrogens (tertiary/aromatic N) is 3. The second-order valence-electron chi connectivity index (χ2n) is 6.04. The molecular weight excluding hydrogens is 246 g/mol. The molecule has 0 aromatic heterocycles. The predicted octanol–water partition coefficient (Wildman–Crippen LogP) is 2.82. The van der Waals surface area contributed by atoms with E-state index in [0.29, 0.717) is 0 Å². The average molecular weight is 273 g/mol. The van der Waals surface area contributed by atoms with E-state index >= 15 is 0 Å². The monoisotopic (exact) mass is 273 g/mol. The largest absolute Gasteiger partial charge is 0.372 e. The zero-order valence-electron chi connectivity index (χ0n) is 12.7. The Morgan fingerprint density at radius 2 is 1.25 bits per heavy atom. The molecule has 0 aliphatic carbocycles. The molecule has 2 fully saturated rings. The molecule has 0 radical (unpaired) electrons. The summed E-state index contributed by atoms with van der Waals surface area (Å²) in [5.41, 5.74) is 2.79. The third-order valence-corrected chi connectivity index (χ3v) is 4.60. The highest BCUT2D eigenvalue weighted by Crippen LogP contribution is 2.24. The summed E-state index contributed by atoms with van der Waals surface area (Å²) < 4.78 is 0. The van der Waals surface area contributed by atoms with E-state index in [0.717, 1.165) is 0 Å². The molecule has 2 heterocycles. The van der Waals surface area contributed by atoms with Crippen molar-refractivity contribution in [1.82, 2.24) is 4.90 Å². The first-order valence-corrected chi connectivity index (χ1v) is 8.19. The summed E-state index contributed by atoms with van der Waals surface area (Å²) >= 11 is 0. The lowest BCUT2D eigenvalue weighted by atomic mass is 10.2. The summed E-state index contributed by atoms with van der Waals surface area (Å²) in [6, 6.07) is 9.23. The number of benzene rings is 1. The van der Waals surface area contributed by atoms with Crippen LogP contribution in [0.15, 0.2) is 24.3 Å². The lowest BCUT2D eigenvalue weighted by molar-refractivity contribution is 0.258. The standard InChI is InChI=1S/C17H27N3/c1-2-9-18-12-14-20(15-13-18)17-7-5-16(6-8-17)19-10-3-4-11-19/h5-8H,2-4,9-15H2,1H3. The summed E-state index contributed by atoms with van der Waals surface area (Å²) in [6.07, 6.45) is 3.97. The van der Waals surface area contributed by atoms with Crippen LogP contribution in [0.3, 0.4) is 0 Å². The van der Waals surface area contributed by atoms with Gasteiger partial charge in [-0.05, 0) is 50.1 Å². The summed E-state index contributed by atoms with van der Waals surface area (Å²) in [5.74, 6) is 0. The van der Waals surface area contributed by atoms with Gasteiger partial charge in [-0.3, -0.25) is 4.90 Å². The van der Waals surface area contributed by atoms with Crippen molar-refractivity contribution in [2.45, 2.75) is 26.2 Å². The van der Waals surface area contributed by atoms with Crippen LogP contribution in [0.2, 0.25) is 0 Å². The Morgan fingerprint density at radius 1 is 0.750 bits per heavy atom. The molecule has 2 aliphatic heterocycles. The third-order valence-electron chi connectivity index (χ3n) is 4.60. The van der Waals surface area contributed by atoms with Crippen molar-refractivity contribution in [3.63, 3.8) is 0 Å². The van der Waals surface area contributed by atoms with Crippen LogP contribution in [0.5, 0.6) is 0 Å². The molecule has 3 rings (SSSR count). The van der Waals surface area contributed by atoms with Gasteiger partial charge in [0.2, 0.25) is 0 Å². The van der Waals surface area contributed by atoms with Crippen LogP contribution in [-0.4, -0.2) is 50.7 Å². The predicted molar refractivity (Wildman–Crippen MR) is 86.8 cm³/mol. The number of piperazine rings is 1. The number of anilines is 2. The maximum Gasteiger partial charge on any atom is 0.0368 e. The molecule has 0 saturated carbocycles. The van der Waals surface area contributed by atoms with Crippen molar-refractivity contribution < 1.29 is 0 Å². The topological polar surface area (TPSA) is 9.72 Å². The quantitative estimate of drug-likeness (QED) is 0.835. The maximum atomic E-state index is 2.58. The molecule has 20 heavy (non-hydrogen) atoms. The van der Waals surface area contributed by atoms with E-state index in [-0.39, 0.29) is 0 Å². The van der Waals surface area contributed by atoms with E-state index in [2.05, 4.69) is 45.9 Å². The van der Waals surface area contributed by atoms with Crippen molar-refractivity contribution in [1.29, 1.82) is 0 Å². The normalized spacial score (nSPS) is 20.6. The van der Waals surface area contributed by atoms with E-state index in [4.69, 9.17) is 0 Å². The molecule has 0 amide bonds. The van der Waals surface area contributed by atoms with Gasteiger partial charge in [-0.25, -0.2) is 0 Å². The minimum absolute atomic E-state index is 1.17. The van der Waals surface area contributed by atoms with Crippen LogP contribution in [0.1, 0.15) is 26.2 Å². The van der Waals surface area contributed by atoms with Crippen molar-refractivity contribution >= 4 is 11.4 Å². The van der Waals surface area contributed by atoms with Crippen LogP contribution >= 0.6 is 0 Å². The van der Waals surface area contributed by atoms with E-state index in [1.54, 1.807) is 0 Å². The van der Waals surface area contributed by atoms with E-state index in [9.17, 15) is 0 Å². The fraction of sp³-hybridized carbons (Fsp3) is 0.647. The molecule has 1 aromatic carbocycles. The highest BCUT2D eigenvalue weighted by Gasteiger charge is 2.17. The van der Waals surface area contributed by atoms with Crippen molar-refractivity contribution in [3.8, 4) is 0 Å². The molecular formula is C17H27N3. The number of rotatable bonds is 4. The minimum Gasteiger partial charge on any atom is -0.372 e. The van der Waals surface area contributed by atoms with Crippen molar-refractivity contribution in [2.24, 2.45) is 0 Å². The van der Waals surface area contributed by atoms with Gasteiger partial charge in [0.1, 0.15) is 0 Å².